The highest BCUT2D eigenvalue weighted by Gasteiger charge is 2.32. The molecule has 0 bridgehead atoms. The van der Waals surface area contributed by atoms with E-state index < -0.39 is 11.4 Å². The Morgan fingerprint density at radius 2 is 1.97 bits per heavy atom. The number of aliphatic hydroxyl groups is 1. The van der Waals surface area contributed by atoms with Crippen LogP contribution < -0.4 is 4.74 Å². The smallest absolute Gasteiger partial charge is 0.137 e. The molecule has 0 atom stereocenters. The van der Waals surface area contributed by atoms with Crippen LogP contribution in [-0.2, 0) is 16.9 Å². The fraction of sp³-hybridized carbons (Fsp3) is 0.261. The van der Waals surface area contributed by atoms with E-state index in [1.165, 1.54) is 12.1 Å². The van der Waals surface area contributed by atoms with Crippen LogP contribution in [0.25, 0.3) is 16.6 Å². The molecule has 6 heteroatoms. The third-order valence-corrected chi connectivity index (χ3v) is 5.57. The molecule has 0 amide bonds. The average molecular weight is 392 g/mol. The molecular formula is C23H21FN2O3. The summed E-state index contributed by atoms with van der Waals surface area (Å²) in [5.74, 6) is -0.0106. The molecule has 1 N–H and O–H groups in total. The van der Waals surface area contributed by atoms with Crippen molar-refractivity contribution in [3.05, 3.63) is 77.9 Å². The number of fused-ring (bicyclic) bond motifs is 3. The minimum atomic E-state index is -1.07. The fourth-order valence-electron chi connectivity index (χ4n) is 3.93. The van der Waals surface area contributed by atoms with Crippen molar-refractivity contribution in [1.29, 1.82) is 0 Å². The third kappa shape index (κ3) is 3.45. The molecule has 4 aromatic rings. The number of hydrogen-bond donors (Lipinski definition) is 1. The lowest BCUT2D eigenvalue weighted by molar-refractivity contribution is -0.0681. The summed E-state index contributed by atoms with van der Waals surface area (Å²) in [5.41, 5.74) is 2.42. The summed E-state index contributed by atoms with van der Waals surface area (Å²) in [4.78, 5) is 4.30. The highest BCUT2D eigenvalue weighted by molar-refractivity contribution is 5.82. The average Bonchev–Trinajstić information content (AvgIpc) is 3.21. The largest absolute Gasteiger partial charge is 0.489 e. The molecule has 1 aliphatic rings. The number of imidazole rings is 1. The van der Waals surface area contributed by atoms with E-state index >= 15 is 0 Å². The first kappa shape index (κ1) is 18.1. The highest BCUT2D eigenvalue weighted by Crippen LogP contribution is 2.34. The normalized spacial score (nSPS) is 16.3. The molecule has 2 aromatic heterocycles. The van der Waals surface area contributed by atoms with Gasteiger partial charge in [-0.05, 0) is 52.9 Å². The van der Waals surface area contributed by atoms with E-state index in [0.29, 0.717) is 44.0 Å². The summed E-state index contributed by atoms with van der Waals surface area (Å²) < 4.78 is 27.4. The molecule has 3 heterocycles. The number of nitrogens with zero attached hydrogens (tertiary/aromatic N) is 2. The SMILES string of the molecule is OC1(c2cc(F)cc(OCc3ccc4c(ccc5nccn54)c3)c2)CCOCC1. The van der Waals surface area contributed by atoms with E-state index in [1.54, 1.807) is 12.3 Å². The Hall–Kier alpha value is -2.96. The maximum absolute atomic E-state index is 14.2. The van der Waals surface area contributed by atoms with Gasteiger partial charge in [0.25, 0.3) is 0 Å². The van der Waals surface area contributed by atoms with Crippen LogP contribution in [0.15, 0.2) is 60.9 Å². The molecule has 5 nitrogen and oxygen atoms in total. The molecule has 5 rings (SSSR count). The minimum absolute atomic E-state index is 0.308. The second kappa shape index (κ2) is 7.13. The lowest BCUT2D eigenvalue weighted by Crippen LogP contribution is -2.33. The standard InChI is InChI=1S/C23H21FN2O3/c24-19-12-18(23(27)5-9-28-10-6-23)13-20(14-19)29-15-16-1-3-21-17(11-16)2-4-22-25-7-8-26(21)22/h1-4,7-8,11-14,27H,5-6,9-10,15H2. The van der Waals surface area contributed by atoms with E-state index in [2.05, 4.69) is 11.1 Å². The Labute approximate surface area is 167 Å². The fourth-order valence-corrected chi connectivity index (χ4v) is 3.93. The number of pyridine rings is 1. The van der Waals surface area contributed by atoms with Gasteiger partial charge in [0.05, 0.1) is 11.1 Å². The number of rotatable bonds is 4. The van der Waals surface area contributed by atoms with Crippen molar-refractivity contribution in [2.45, 2.75) is 25.0 Å². The second-order valence-corrected chi connectivity index (χ2v) is 7.49. The molecule has 1 saturated heterocycles. The Balaban J connectivity index is 1.38. The zero-order chi connectivity index (χ0) is 19.8. The van der Waals surface area contributed by atoms with Gasteiger partial charge in [0.2, 0.25) is 0 Å². The zero-order valence-corrected chi connectivity index (χ0v) is 15.8. The molecule has 2 aromatic carbocycles. The molecule has 29 heavy (non-hydrogen) atoms. The van der Waals surface area contributed by atoms with Crippen LogP contribution in [0.1, 0.15) is 24.0 Å². The summed E-state index contributed by atoms with van der Waals surface area (Å²) in [5, 5.41) is 11.9. The molecule has 1 fully saturated rings. The lowest BCUT2D eigenvalue weighted by Gasteiger charge is -2.32. The number of hydrogen-bond acceptors (Lipinski definition) is 4. The van der Waals surface area contributed by atoms with Crippen molar-refractivity contribution in [1.82, 2.24) is 9.38 Å². The van der Waals surface area contributed by atoms with Crippen molar-refractivity contribution < 1.29 is 19.0 Å². The van der Waals surface area contributed by atoms with E-state index in [1.807, 2.05) is 34.9 Å². The predicted octanol–water partition coefficient (Wildman–Crippen LogP) is 4.20. The number of benzene rings is 2. The molecule has 1 aliphatic heterocycles. The van der Waals surface area contributed by atoms with Gasteiger partial charge in [0.1, 0.15) is 23.8 Å². The van der Waals surface area contributed by atoms with Crippen molar-refractivity contribution in [3.8, 4) is 5.75 Å². The van der Waals surface area contributed by atoms with Crippen LogP contribution in [0, 0.1) is 5.82 Å². The third-order valence-electron chi connectivity index (χ3n) is 5.57. The maximum Gasteiger partial charge on any atom is 0.137 e. The first-order valence-electron chi connectivity index (χ1n) is 9.69. The molecular weight excluding hydrogens is 371 g/mol. The van der Waals surface area contributed by atoms with E-state index in [0.717, 1.165) is 22.1 Å². The van der Waals surface area contributed by atoms with Crippen LogP contribution in [-0.4, -0.2) is 27.7 Å². The van der Waals surface area contributed by atoms with Crippen LogP contribution in [0.2, 0.25) is 0 Å². The van der Waals surface area contributed by atoms with Gasteiger partial charge in [-0.3, -0.25) is 4.40 Å². The monoisotopic (exact) mass is 392 g/mol. The van der Waals surface area contributed by atoms with Gasteiger partial charge in [-0.25, -0.2) is 9.37 Å². The Morgan fingerprint density at radius 3 is 2.83 bits per heavy atom. The highest BCUT2D eigenvalue weighted by atomic mass is 19.1. The Kier molecular flexibility index (Phi) is 4.45. The van der Waals surface area contributed by atoms with Crippen LogP contribution >= 0.6 is 0 Å². The van der Waals surface area contributed by atoms with E-state index in [-0.39, 0.29) is 0 Å². The first-order chi connectivity index (χ1) is 14.1. The summed E-state index contributed by atoms with van der Waals surface area (Å²) in [6.07, 6.45) is 4.61. The second-order valence-electron chi connectivity index (χ2n) is 7.49. The molecule has 0 aliphatic carbocycles. The van der Waals surface area contributed by atoms with Crippen molar-refractivity contribution in [2.24, 2.45) is 0 Å². The number of ether oxygens (including phenoxy) is 2. The quantitative estimate of drug-likeness (QED) is 0.565. The molecule has 0 radical (unpaired) electrons. The van der Waals surface area contributed by atoms with Gasteiger partial charge in [-0.2, -0.15) is 0 Å². The predicted molar refractivity (Wildman–Crippen MR) is 107 cm³/mol. The maximum atomic E-state index is 14.2. The van der Waals surface area contributed by atoms with Crippen LogP contribution in [0.5, 0.6) is 5.75 Å². The molecule has 0 saturated carbocycles. The van der Waals surface area contributed by atoms with Gasteiger partial charge >= 0.3 is 0 Å². The minimum Gasteiger partial charge on any atom is -0.489 e. The zero-order valence-electron chi connectivity index (χ0n) is 15.8. The summed E-state index contributed by atoms with van der Waals surface area (Å²) in [6, 6.07) is 14.5. The Bertz CT molecular complexity index is 1180. The molecule has 0 spiro atoms. The van der Waals surface area contributed by atoms with E-state index in [4.69, 9.17) is 9.47 Å². The first-order valence-corrected chi connectivity index (χ1v) is 9.69. The summed E-state index contributed by atoms with van der Waals surface area (Å²) in [7, 11) is 0. The number of halogens is 1. The molecule has 148 valence electrons. The Morgan fingerprint density at radius 1 is 1.10 bits per heavy atom. The van der Waals surface area contributed by atoms with Crippen LogP contribution in [0.3, 0.4) is 0 Å². The van der Waals surface area contributed by atoms with Gasteiger partial charge in [0, 0.05) is 44.5 Å². The van der Waals surface area contributed by atoms with Crippen molar-refractivity contribution >= 4 is 16.6 Å². The van der Waals surface area contributed by atoms with E-state index in [9.17, 15) is 9.50 Å². The lowest BCUT2D eigenvalue weighted by atomic mass is 9.86. The van der Waals surface area contributed by atoms with Gasteiger partial charge < -0.3 is 14.6 Å². The summed E-state index contributed by atoms with van der Waals surface area (Å²) in [6.45, 7) is 1.23. The summed E-state index contributed by atoms with van der Waals surface area (Å²) >= 11 is 0. The van der Waals surface area contributed by atoms with Crippen LogP contribution in [0.4, 0.5) is 4.39 Å². The van der Waals surface area contributed by atoms with Gasteiger partial charge in [-0.1, -0.05) is 6.07 Å². The topological polar surface area (TPSA) is 56.0 Å². The van der Waals surface area contributed by atoms with Crippen molar-refractivity contribution in [2.75, 3.05) is 13.2 Å². The van der Waals surface area contributed by atoms with Crippen molar-refractivity contribution in [3.63, 3.8) is 0 Å². The molecule has 0 unspecified atom stereocenters. The number of aromatic nitrogens is 2. The van der Waals surface area contributed by atoms with Gasteiger partial charge in [-0.15, -0.1) is 0 Å². The van der Waals surface area contributed by atoms with Gasteiger partial charge in [0.15, 0.2) is 0 Å².